The van der Waals surface area contributed by atoms with Crippen molar-refractivity contribution in [3.63, 3.8) is 0 Å². The summed E-state index contributed by atoms with van der Waals surface area (Å²) in [6, 6.07) is 0.649. The van der Waals surface area contributed by atoms with E-state index in [1.807, 2.05) is 0 Å². The van der Waals surface area contributed by atoms with Crippen LogP contribution in [0.4, 0.5) is 4.79 Å². The fourth-order valence-electron chi connectivity index (χ4n) is 2.81. The Bertz CT molecular complexity index is 269. The minimum absolute atomic E-state index is 0.364. The van der Waals surface area contributed by atoms with Crippen LogP contribution in [-0.2, 0) is 4.84 Å². The van der Waals surface area contributed by atoms with Gasteiger partial charge in [0, 0.05) is 25.8 Å². The van der Waals surface area contributed by atoms with Crippen LogP contribution >= 0.6 is 0 Å². The molecule has 2 fully saturated rings. The lowest BCUT2D eigenvalue weighted by molar-refractivity contribution is 0.0681. The predicted octanol–water partition coefficient (Wildman–Crippen LogP) is 1.69. The van der Waals surface area contributed by atoms with E-state index >= 15 is 0 Å². The van der Waals surface area contributed by atoms with Crippen molar-refractivity contribution in [1.29, 1.82) is 0 Å². The zero-order valence-corrected chi connectivity index (χ0v) is 10.3. The maximum absolute atomic E-state index is 11.4. The van der Waals surface area contributed by atoms with Gasteiger partial charge in [0.25, 0.3) is 0 Å². The predicted molar refractivity (Wildman–Crippen MR) is 66.0 cm³/mol. The second kappa shape index (κ2) is 6.00. The maximum atomic E-state index is 11.4. The number of piperidine rings is 2. The average molecular weight is 239 g/mol. The molecule has 5 nitrogen and oxygen atoms in total. The van der Waals surface area contributed by atoms with E-state index in [9.17, 15) is 4.79 Å². The Labute approximate surface area is 102 Å². The van der Waals surface area contributed by atoms with Crippen LogP contribution in [0.5, 0.6) is 0 Å². The largest absolute Gasteiger partial charge is 0.435 e. The van der Waals surface area contributed by atoms with Gasteiger partial charge in [0.2, 0.25) is 0 Å². The van der Waals surface area contributed by atoms with Crippen LogP contribution in [0.25, 0.3) is 0 Å². The average Bonchev–Trinajstić information content (AvgIpc) is 2.40. The summed E-state index contributed by atoms with van der Waals surface area (Å²) in [6.07, 6.45) is 5.74. The van der Waals surface area contributed by atoms with Gasteiger partial charge in [-0.2, -0.15) is 0 Å². The highest BCUT2D eigenvalue weighted by Gasteiger charge is 2.28. The van der Waals surface area contributed by atoms with Crippen molar-refractivity contribution in [3.8, 4) is 0 Å². The summed E-state index contributed by atoms with van der Waals surface area (Å²) in [5.41, 5.74) is 0. The molecule has 0 bridgehead atoms. The molecule has 0 atom stereocenters. The topological polar surface area (TPSA) is 45.1 Å². The van der Waals surface area contributed by atoms with E-state index in [0.717, 1.165) is 25.9 Å². The third-order valence-corrected chi connectivity index (χ3v) is 3.77. The van der Waals surface area contributed by atoms with Crippen molar-refractivity contribution in [2.75, 3.05) is 26.2 Å². The van der Waals surface area contributed by atoms with Crippen LogP contribution in [0.1, 0.15) is 32.1 Å². The number of hydrogen-bond donors (Lipinski definition) is 0. The van der Waals surface area contributed by atoms with Crippen molar-refractivity contribution in [3.05, 3.63) is 0 Å². The Morgan fingerprint density at radius 1 is 1.12 bits per heavy atom. The first-order valence-corrected chi connectivity index (χ1v) is 6.47. The second-order valence-corrected chi connectivity index (χ2v) is 4.80. The molecule has 2 saturated heterocycles. The normalized spacial score (nSPS) is 23.4. The third kappa shape index (κ3) is 3.19. The molecule has 0 aliphatic carbocycles. The van der Waals surface area contributed by atoms with Crippen LogP contribution in [0.3, 0.4) is 0 Å². The molecule has 0 radical (unpaired) electrons. The van der Waals surface area contributed by atoms with Crippen LogP contribution < -0.4 is 0 Å². The van der Waals surface area contributed by atoms with E-state index in [2.05, 4.69) is 21.6 Å². The zero-order chi connectivity index (χ0) is 12.1. The molecule has 17 heavy (non-hydrogen) atoms. The van der Waals surface area contributed by atoms with Gasteiger partial charge in [0.15, 0.2) is 0 Å². The highest BCUT2D eigenvalue weighted by molar-refractivity contribution is 5.67. The Hall–Kier alpha value is -1.10. The summed E-state index contributed by atoms with van der Waals surface area (Å²) in [4.78, 5) is 20.3. The number of rotatable bonds is 2. The number of carbonyl (C=O) groups is 1. The fraction of sp³-hybridized carbons (Fsp3) is 0.833. The summed E-state index contributed by atoms with van der Waals surface area (Å²) >= 11 is 0. The lowest BCUT2D eigenvalue weighted by Gasteiger charge is -2.39. The van der Waals surface area contributed by atoms with E-state index < -0.39 is 0 Å². The van der Waals surface area contributed by atoms with Crippen molar-refractivity contribution < 1.29 is 9.63 Å². The Kier molecular flexibility index (Phi) is 4.36. The molecule has 0 saturated carbocycles. The molecule has 0 aromatic heterocycles. The minimum Gasteiger partial charge on any atom is -0.306 e. The quantitative estimate of drug-likeness (QED) is 0.418. The first kappa shape index (κ1) is 12.4. The van der Waals surface area contributed by atoms with Crippen molar-refractivity contribution >= 4 is 12.8 Å². The summed E-state index contributed by atoms with van der Waals surface area (Å²) in [7, 11) is 0. The molecule has 0 N–H and O–H groups in total. The number of carbonyl (C=O) groups excluding carboxylic acids is 1. The van der Waals surface area contributed by atoms with Crippen molar-refractivity contribution in [2.24, 2.45) is 5.16 Å². The molecule has 5 heteroatoms. The standard InChI is InChI=1S/C12H21N3O2/c1-13-17-12(16)15-9-5-11(6-10-15)14-7-3-2-4-8-14/h11H,1-10H2. The SMILES string of the molecule is C=NOC(=O)N1CCC(N2CCCCC2)CC1. The van der Waals surface area contributed by atoms with Gasteiger partial charge in [0.05, 0.1) is 0 Å². The first-order valence-electron chi connectivity index (χ1n) is 6.47. The molecule has 0 spiro atoms. The maximum Gasteiger partial charge on any atom is 0.435 e. The lowest BCUT2D eigenvalue weighted by atomic mass is 10.0. The molecule has 2 heterocycles. The first-order chi connectivity index (χ1) is 8.31. The lowest BCUT2D eigenvalue weighted by Crippen LogP contribution is -2.48. The smallest absolute Gasteiger partial charge is 0.306 e. The van der Waals surface area contributed by atoms with Gasteiger partial charge < -0.3 is 9.80 Å². The number of nitrogens with zero attached hydrogens (tertiary/aromatic N) is 3. The van der Waals surface area contributed by atoms with Gasteiger partial charge >= 0.3 is 6.09 Å². The molecular formula is C12H21N3O2. The van der Waals surface area contributed by atoms with Gasteiger partial charge in [-0.1, -0.05) is 11.6 Å². The van der Waals surface area contributed by atoms with E-state index in [1.54, 1.807) is 4.90 Å². The molecule has 2 aliphatic rings. The fourth-order valence-corrected chi connectivity index (χ4v) is 2.81. The number of amides is 1. The zero-order valence-electron chi connectivity index (χ0n) is 10.3. The number of likely N-dealkylation sites (tertiary alicyclic amines) is 2. The molecule has 0 aromatic carbocycles. The van der Waals surface area contributed by atoms with E-state index in [4.69, 9.17) is 0 Å². The highest BCUT2D eigenvalue weighted by Crippen LogP contribution is 2.21. The summed E-state index contributed by atoms with van der Waals surface area (Å²) in [5.74, 6) is 0. The van der Waals surface area contributed by atoms with Crippen molar-refractivity contribution in [1.82, 2.24) is 9.80 Å². The van der Waals surface area contributed by atoms with Crippen molar-refractivity contribution in [2.45, 2.75) is 38.1 Å². The molecule has 96 valence electrons. The Morgan fingerprint density at radius 2 is 1.76 bits per heavy atom. The van der Waals surface area contributed by atoms with Gasteiger partial charge in [-0.3, -0.25) is 4.84 Å². The van der Waals surface area contributed by atoms with Gasteiger partial charge in [-0.05, 0) is 38.8 Å². The van der Waals surface area contributed by atoms with Crippen LogP contribution in [0.15, 0.2) is 5.16 Å². The monoisotopic (exact) mass is 239 g/mol. The van der Waals surface area contributed by atoms with Gasteiger partial charge in [-0.15, -0.1) is 0 Å². The highest BCUT2D eigenvalue weighted by atomic mass is 16.7. The molecule has 2 aliphatic heterocycles. The Balaban J connectivity index is 1.77. The van der Waals surface area contributed by atoms with E-state index in [1.165, 1.54) is 32.4 Å². The van der Waals surface area contributed by atoms with Crippen LogP contribution in [0, 0.1) is 0 Å². The minimum atomic E-state index is -0.364. The van der Waals surface area contributed by atoms with E-state index in [-0.39, 0.29) is 6.09 Å². The number of oxime groups is 1. The molecular weight excluding hydrogens is 218 g/mol. The summed E-state index contributed by atoms with van der Waals surface area (Å²) in [5, 5.41) is 3.17. The van der Waals surface area contributed by atoms with E-state index in [0.29, 0.717) is 6.04 Å². The van der Waals surface area contributed by atoms with Crippen LogP contribution in [0.2, 0.25) is 0 Å². The van der Waals surface area contributed by atoms with Gasteiger partial charge in [0.1, 0.15) is 0 Å². The Morgan fingerprint density at radius 3 is 2.35 bits per heavy atom. The van der Waals surface area contributed by atoms with Gasteiger partial charge in [-0.25, -0.2) is 4.79 Å². The van der Waals surface area contributed by atoms with Crippen LogP contribution in [-0.4, -0.2) is 54.8 Å². The molecule has 0 aromatic rings. The third-order valence-electron chi connectivity index (χ3n) is 3.77. The molecule has 2 rings (SSSR count). The summed E-state index contributed by atoms with van der Waals surface area (Å²) < 4.78 is 0. The molecule has 0 unspecified atom stereocenters. The second-order valence-electron chi connectivity index (χ2n) is 4.80. The molecule has 1 amide bonds. The summed E-state index contributed by atoms with van der Waals surface area (Å²) in [6.45, 7) is 7.15. The number of hydrogen-bond acceptors (Lipinski definition) is 4.